The third-order valence-corrected chi connectivity index (χ3v) is 7.10. The van der Waals surface area contributed by atoms with E-state index in [9.17, 15) is 24.5 Å². The van der Waals surface area contributed by atoms with Gasteiger partial charge in [0.15, 0.2) is 5.82 Å². The van der Waals surface area contributed by atoms with Crippen LogP contribution < -0.4 is 10.5 Å². The lowest BCUT2D eigenvalue weighted by molar-refractivity contribution is 0.0769. The van der Waals surface area contributed by atoms with Crippen LogP contribution in [-0.2, 0) is 11.3 Å². The number of aromatic nitrogens is 1. The Balaban J connectivity index is 1.67. The molecule has 11 heteroatoms. The highest BCUT2D eigenvalue weighted by atomic mass is 79.9. The maximum Gasteiger partial charge on any atom is 0.410 e. The zero-order valence-corrected chi connectivity index (χ0v) is 20.6. The van der Waals surface area contributed by atoms with E-state index < -0.39 is 23.5 Å². The Labute approximate surface area is 213 Å². The fourth-order valence-corrected chi connectivity index (χ4v) is 4.64. The molecule has 1 saturated heterocycles. The Bertz CT molecular complexity index is 1430. The van der Waals surface area contributed by atoms with Crippen LogP contribution >= 0.6 is 27.5 Å². The lowest BCUT2D eigenvalue weighted by atomic mass is 10.0. The largest absolute Gasteiger partial charge is 0.445 e. The first-order valence-electron chi connectivity index (χ1n) is 10.6. The highest BCUT2D eigenvalue weighted by molar-refractivity contribution is 9.10. The van der Waals surface area contributed by atoms with Gasteiger partial charge in [0, 0.05) is 25.0 Å². The van der Waals surface area contributed by atoms with Crippen molar-refractivity contribution in [2.45, 2.75) is 19.1 Å². The second-order valence-corrected chi connectivity index (χ2v) is 9.09. The van der Waals surface area contributed by atoms with E-state index >= 15 is 0 Å². The highest BCUT2D eigenvalue weighted by Gasteiger charge is 2.34. The summed E-state index contributed by atoms with van der Waals surface area (Å²) in [6.45, 7) is 0.621. The Kier molecular flexibility index (Phi) is 7.25. The van der Waals surface area contributed by atoms with Crippen molar-refractivity contribution in [2.24, 2.45) is 0 Å². The van der Waals surface area contributed by atoms with Gasteiger partial charge in [0.2, 0.25) is 0 Å². The van der Waals surface area contributed by atoms with Crippen LogP contribution in [0.25, 0.3) is 10.9 Å². The van der Waals surface area contributed by atoms with E-state index in [1.165, 1.54) is 11.0 Å². The van der Waals surface area contributed by atoms with Crippen LogP contribution in [0.3, 0.4) is 0 Å². The van der Waals surface area contributed by atoms with Crippen molar-refractivity contribution in [3.8, 4) is 12.1 Å². The molecule has 0 bridgehead atoms. The number of rotatable bonds is 4. The first kappa shape index (κ1) is 24.5. The molecule has 1 unspecified atom stereocenters. The number of nitriles is 2. The molecule has 1 fully saturated rings. The number of aromatic amines is 1. The van der Waals surface area contributed by atoms with Crippen molar-refractivity contribution < 1.29 is 13.9 Å². The molecule has 1 aromatic heterocycles. The second kappa shape index (κ2) is 10.3. The van der Waals surface area contributed by atoms with E-state index in [0.29, 0.717) is 0 Å². The van der Waals surface area contributed by atoms with Crippen LogP contribution in [0, 0.1) is 28.5 Å². The normalized spacial score (nSPS) is 15.5. The molecule has 4 rings (SSSR count). The fraction of sp³-hybridized carbons (Fsp3) is 0.250. The molecule has 0 aliphatic carbocycles. The molecule has 1 atom stereocenters. The van der Waals surface area contributed by atoms with Gasteiger partial charge in [-0.2, -0.15) is 10.5 Å². The molecule has 35 heavy (non-hydrogen) atoms. The average molecular weight is 559 g/mol. The summed E-state index contributed by atoms with van der Waals surface area (Å²) in [7, 11) is 0. The number of ether oxygens (including phenoxy) is 1. The SMILES string of the molecule is N#CCC1CN(c2c(C#N)c(=O)[nH]c3c(F)c(Br)c(Cl)cc23)CCN1C(=O)OCc1ccccc1. The number of pyridine rings is 1. The molecule has 8 nitrogen and oxygen atoms in total. The van der Waals surface area contributed by atoms with Crippen molar-refractivity contribution in [1.29, 1.82) is 10.5 Å². The van der Waals surface area contributed by atoms with Crippen LogP contribution in [0.1, 0.15) is 17.5 Å². The first-order chi connectivity index (χ1) is 16.8. The van der Waals surface area contributed by atoms with Crippen molar-refractivity contribution in [1.82, 2.24) is 9.88 Å². The third kappa shape index (κ3) is 4.81. The van der Waals surface area contributed by atoms with E-state index in [-0.39, 0.29) is 64.3 Å². The number of nitrogens with one attached hydrogen (secondary N) is 1. The number of fused-ring (bicyclic) bond motifs is 1. The zero-order valence-electron chi connectivity index (χ0n) is 18.2. The van der Waals surface area contributed by atoms with Crippen molar-refractivity contribution in [3.63, 3.8) is 0 Å². The van der Waals surface area contributed by atoms with Gasteiger partial charge in [-0.15, -0.1) is 0 Å². The van der Waals surface area contributed by atoms with Crippen LogP contribution in [0.2, 0.25) is 5.02 Å². The molecule has 0 radical (unpaired) electrons. The topological polar surface area (TPSA) is 113 Å². The number of hydrogen-bond acceptors (Lipinski definition) is 6. The van der Waals surface area contributed by atoms with Gasteiger partial charge in [0.1, 0.15) is 18.2 Å². The molecule has 0 spiro atoms. The summed E-state index contributed by atoms with van der Waals surface area (Å²) in [4.78, 5) is 31.0. The summed E-state index contributed by atoms with van der Waals surface area (Å²) in [6, 6.07) is 14.1. The number of carbonyl (C=O) groups is 1. The monoisotopic (exact) mass is 557 g/mol. The summed E-state index contributed by atoms with van der Waals surface area (Å²) >= 11 is 9.24. The van der Waals surface area contributed by atoms with Crippen LogP contribution in [0.4, 0.5) is 14.9 Å². The first-order valence-corrected chi connectivity index (χ1v) is 11.8. The van der Waals surface area contributed by atoms with Gasteiger partial charge in [-0.3, -0.25) is 4.79 Å². The van der Waals surface area contributed by atoms with E-state index in [2.05, 4.69) is 27.0 Å². The molecule has 0 saturated carbocycles. The Hall–Kier alpha value is -3.60. The number of benzene rings is 2. The quantitative estimate of drug-likeness (QED) is 0.465. The standard InChI is InChI=1S/C24H18BrClFN5O3/c25-19-18(26)10-16-21(20(19)27)30-23(33)17(11-29)22(16)31-8-9-32(15(12-31)6-7-28)24(34)35-13-14-4-2-1-3-5-14/h1-5,10,15H,6,8-9,12-13H2,(H,30,33). The number of hydrogen-bond donors (Lipinski definition) is 1. The predicted molar refractivity (Wildman–Crippen MR) is 132 cm³/mol. The molecule has 1 aliphatic heterocycles. The summed E-state index contributed by atoms with van der Waals surface area (Å²) in [6.07, 6.45) is -0.566. The minimum Gasteiger partial charge on any atom is -0.445 e. The van der Waals surface area contributed by atoms with E-state index in [0.717, 1.165) is 5.56 Å². The van der Waals surface area contributed by atoms with E-state index in [1.807, 2.05) is 36.4 Å². The van der Waals surface area contributed by atoms with Gasteiger partial charge >= 0.3 is 6.09 Å². The van der Waals surface area contributed by atoms with Gasteiger partial charge in [-0.05, 0) is 27.6 Å². The molecular formula is C24H18BrClFN5O3. The Morgan fingerprint density at radius 3 is 2.71 bits per heavy atom. The van der Waals surface area contributed by atoms with E-state index in [4.69, 9.17) is 16.3 Å². The van der Waals surface area contributed by atoms with Crippen molar-refractivity contribution in [2.75, 3.05) is 24.5 Å². The summed E-state index contributed by atoms with van der Waals surface area (Å²) in [5.41, 5.74) is -0.00705. The van der Waals surface area contributed by atoms with Crippen LogP contribution in [0.5, 0.6) is 0 Å². The summed E-state index contributed by atoms with van der Waals surface area (Å²) in [5, 5.41) is 19.4. The minimum atomic E-state index is -0.757. The van der Waals surface area contributed by atoms with Crippen LogP contribution in [0.15, 0.2) is 45.7 Å². The van der Waals surface area contributed by atoms with Gasteiger partial charge in [0.05, 0.1) is 39.2 Å². The fourth-order valence-electron chi connectivity index (χ4n) is 4.14. The number of H-pyrrole nitrogens is 1. The summed E-state index contributed by atoms with van der Waals surface area (Å²) < 4.78 is 20.3. The number of amides is 1. The van der Waals surface area contributed by atoms with Crippen molar-refractivity contribution >= 4 is 50.2 Å². The molecule has 3 aromatic rings. The molecule has 178 valence electrons. The minimum absolute atomic E-state index is 0.000608. The smallest absolute Gasteiger partial charge is 0.410 e. The molecule has 2 heterocycles. The zero-order chi connectivity index (χ0) is 25.1. The number of carbonyl (C=O) groups excluding carboxylic acids is 1. The molecule has 2 aromatic carbocycles. The van der Waals surface area contributed by atoms with Gasteiger partial charge in [-0.1, -0.05) is 41.9 Å². The molecule has 1 amide bonds. The number of anilines is 1. The highest BCUT2D eigenvalue weighted by Crippen LogP contribution is 2.37. The average Bonchev–Trinajstić information content (AvgIpc) is 2.86. The number of halogens is 3. The van der Waals surface area contributed by atoms with Gasteiger partial charge in [0.25, 0.3) is 5.56 Å². The maximum atomic E-state index is 14.9. The number of piperazine rings is 1. The Morgan fingerprint density at radius 2 is 2.03 bits per heavy atom. The lowest BCUT2D eigenvalue weighted by Crippen LogP contribution is -2.55. The molecule has 1 aliphatic rings. The predicted octanol–water partition coefficient (Wildman–Crippen LogP) is 4.70. The molecular weight excluding hydrogens is 541 g/mol. The van der Waals surface area contributed by atoms with Crippen LogP contribution in [-0.4, -0.2) is 41.7 Å². The van der Waals surface area contributed by atoms with Gasteiger partial charge < -0.3 is 19.5 Å². The number of nitrogens with zero attached hydrogens (tertiary/aromatic N) is 4. The van der Waals surface area contributed by atoms with Crippen molar-refractivity contribution in [3.05, 3.63) is 73.2 Å². The van der Waals surface area contributed by atoms with Gasteiger partial charge in [-0.25, -0.2) is 9.18 Å². The van der Waals surface area contributed by atoms with E-state index in [1.54, 1.807) is 4.90 Å². The lowest BCUT2D eigenvalue weighted by Gasteiger charge is -2.41. The third-order valence-electron chi connectivity index (χ3n) is 5.80. The molecule has 1 N–H and O–H groups in total. The summed E-state index contributed by atoms with van der Waals surface area (Å²) in [5.74, 6) is -0.757. The Morgan fingerprint density at radius 1 is 1.29 bits per heavy atom. The maximum absolute atomic E-state index is 14.9. The second-order valence-electron chi connectivity index (χ2n) is 7.89.